The predicted octanol–water partition coefficient (Wildman–Crippen LogP) is 2.18. The number of nitrogens with zero attached hydrogens (tertiary/aromatic N) is 1. The maximum absolute atomic E-state index is 6.23. The lowest BCUT2D eigenvalue weighted by Gasteiger charge is -2.26. The van der Waals surface area contributed by atoms with Gasteiger partial charge >= 0.3 is 0 Å². The van der Waals surface area contributed by atoms with Gasteiger partial charge in [-0.15, -0.1) is 0 Å². The normalized spacial score (nSPS) is 25.1. The molecular formula is C14H22N2O. The van der Waals surface area contributed by atoms with Crippen LogP contribution in [-0.2, 0) is 0 Å². The summed E-state index contributed by atoms with van der Waals surface area (Å²) < 4.78 is 5.19. The molecule has 2 unspecified atom stereocenters. The monoisotopic (exact) mass is 234 g/mol. The van der Waals surface area contributed by atoms with Gasteiger partial charge in [0, 0.05) is 18.6 Å². The highest BCUT2D eigenvalue weighted by Gasteiger charge is 2.31. The summed E-state index contributed by atoms with van der Waals surface area (Å²) in [7, 11) is 1.69. The Hall–Kier alpha value is -1.06. The molecule has 1 fully saturated rings. The van der Waals surface area contributed by atoms with Crippen molar-refractivity contribution in [2.75, 3.05) is 20.2 Å². The van der Waals surface area contributed by atoms with Crippen molar-refractivity contribution in [3.8, 4) is 5.75 Å². The smallest absolute Gasteiger partial charge is 0.118 e. The molecule has 0 aromatic heterocycles. The minimum atomic E-state index is 0.259. The minimum absolute atomic E-state index is 0.259. The summed E-state index contributed by atoms with van der Waals surface area (Å²) in [5, 5.41) is 0. The van der Waals surface area contributed by atoms with Crippen molar-refractivity contribution in [1.82, 2.24) is 4.90 Å². The van der Waals surface area contributed by atoms with Gasteiger partial charge in [-0.1, -0.05) is 19.1 Å². The molecule has 2 atom stereocenters. The van der Waals surface area contributed by atoms with E-state index in [1.165, 1.54) is 12.0 Å². The van der Waals surface area contributed by atoms with Gasteiger partial charge in [0.2, 0.25) is 0 Å². The lowest BCUT2D eigenvalue weighted by molar-refractivity contribution is 0.248. The van der Waals surface area contributed by atoms with Crippen molar-refractivity contribution >= 4 is 0 Å². The number of nitrogens with two attached hydrogens (primary N) is 1. The van der Waals surface area contributed by atoms with Crippen LogP contribution in [0.1, 0.15) is 31.4 Å². The van der Waals surface area contributed by atoms with Crippen molar-refractivity contribution in [2.45, 2.75) is 31.8 Å². The summed E-state index contributed by atoms with van der Waals surface area (Å²) in [6.45, 7) is 4.46. The van der Waals surface area contributed by atoms with Gasteiger partial charge in [-0.3, -0.25) is 4.90 Å². The third kappa shape index (κ3) is 2.61. The van der Waals surface area contributed by atoms with Gasteiger partial charge in [0.1, 0.15) is 5.75 Å². The molecule has 0 aliphatic carbocycles. The maximum atomic E-state index is 6.23. The van der Waals surface area contributed by atoms with E-state index in [2.05, 4.69) is 24.0 Å². The van der Waals surface area contributed by atoms with E-state index in [1.807, 2.05) is 12.1 Å². The Morgan fingerprint density at radius 2 is 2.06 bits per heavy atom. The lowest BCUT2D eigenvalue weighted by Crippen LogP contribution is -2.32. The molecule has 94 valence electrons. The molecule has 2 rings (SSSR count). The van der Waals surface area contributed by atoms with Crippen LogP contribution in [0.15, 0.2) is 24.3 Å². The first-order valence-corrected chi connectivity index (χ1v) is 6.40. The van der Waals surface area contributed by atoms with Crippen LogP contribution < -0.4 is 10.5 Å². The summed E-state index contributed by atoms with van der Waals surface area (Å²) in [4.78, 5) is 2.49. The first-order chi connectivity index (χ1) is 8.26. The summed E-state index contributed by atoms with van der Waals surface area (Å²) in [6, 6.07) is 8.94. The zero-order valence-electron chi connectivity index (χ0n) is 10.7. The molecule has 0 bridgehead atoms. The zero-order valence-corrected chi connectivity index (χ0v) is 10.7. The summed E-state index contributed by atoms with van der Waals surface area (Å²) in [5.41, 5.74) is 7.54. The highest BCUT2D eigenvalue weighted by Crippen LogP contribution is 2.31. The Bertz CT molecular complexity index is 348. The molecule has 1 aliphatic rings. The Morgan fingerprint density at radius 1 is 1.35 bits per heavy atom. The van der Waals surface area contributed by atoms with Gasteiger partial charge in [0.25, 0.3) is 0 Å². The van der Waals surface area contributed by atoms with Crippen LogP contribution in [0, 0.1) is 0 Å². The average molecular weight is 234 g/mol. The minimum Gasteiger partial charge on any atom is -0.497 e. The Kier molecular flexibility index (Phi) is 4.02. The van der Waals surface area contributed by atoms with Crippen LogP contribution in [0.25, 0.3) is 0 Å². The number of hydrogen-bond donors (Lipinski definition) is 1. The molecule has 2 N–H and O–H groups in total. The van der Waals surface area contributed by atoms with Crippen molar-refractivity contribution in [3.63, 3.8) is 0 Å². The Balaban J connectivity index is 2.17. The zero-order chi connectivity index (χ0) is 12.3. The molecule has 1 heterocycles. The molecule has 3 heteroatoms. The second-order valence-electron chi connectivity index (χ2n) is 4.71. The van der Waals surface area contributed by atoms with Gasteiger partial charge in [0.15, 0.2) is 0 Å². The van der Waals surface area contributed by atoms with E-state index >= 15 is 0 Å². The summed E-state index contributed by atoms with van der Waals surface area (Å²) in [5.74, 6) is 0.905. The van der Waals surface area contributed by atoms with E-state index in [0.29, 0.717) is 6.04 Å². The summed E-state index contributed by atoms with van der Waals surface area (Å²) >= 11 is 0. The number of likely N-dealkylation sites (tertiary alicyclic amines) is 1. The highest BCUT2D eigenvalue weighted by atomic mass is 16.5. The molecule has 0 amide bonds. The summed E-state index contributed by atoms with van der Waals surface area (Å²) in [6.07, 6.45) is 2.27. The van der Waals surface area contributed by atoms with Gasteiger partial charge in [-0.25, -0.2) is 0 Å². The van der Waals surface area contributed by atoms with Crippen LogP contribution in [0.2, 0.25) is 0 Å². The van der Waals surface area contributed by atoms with Crippen molar-refractivity contribution in [3.05, 3.63) is 29.8 Å². The lowest BCUT2D eigenvalue weighted by atomic mass is 10.0. The van der Waals surface area contributed by atoms with E-state index in [1.54, 1.807) is 7.11 Å². The molecule has 1 aromatic carbocycles. The van der Waals surface area contributed by atoms with Crippen LogP contribution in [0.4, 0.5) is 0 Å². The fraction of sp³-hybridized carbons (Fsp3) is 0.571. The molecule has 0 radical (unpaired) electrons. The number of benzene rings is 1. The van der Waals surface area contributed by atoms with E-state index in [4.69, 9.17) is 10.5 Å². The van der Waals surface area contributed by atoms with Gasteiger partial charge in [-0.05, 0) is 37.1 Å². The fourth-order valence-corrected chi connectivity index (χ4v) is 2.68. The van der Waals surface area contributed by atoms with Crippen LogP contribution in [-0.4, -0.2) is 31.1 Å². The van der Waals surface area contributed by atoms with Gasteiger partial charge in [0.05, 0.1) is 7.11 Å². The SMILES string of the molecule is CCCN1CCC(N)C1c1ccc(OC)cc1. The van der Waals surface area contributed by atoms with Crippen LogP contribution >= 0.6 is 0 Å². The Morgan fingerprint density at radius 3 is 2.65 bits per heavy atom. The molecule has 0 spiro atoms. The standard InChI is InChI=1S/C14H22N2O/c1-3-9-16-10-8-13(15)14(16)11-4-6-12(17-2)7-5-11/h4-7,13-14H,3,8-10,15H2,1-2H3. The van der Waals surface area contributed by atoms with Crippen molar-refractivity contribution < 1.29 is 4.74 Å². The molecule has 3 nitrogen and oxygen atoms in total. The van der Waals surface area contributed by atoms with E-state index < -0.39 is 0 Å². The quantitative estimate of drug-likeness (QED) is 0.868. The molecular weight excluding hydrogens is 212 g/mol. The molecule has 0 saturated carbocycles. The van der Waals surface area contributed by atoms with Crippen LogP contribution in [0.3, 0.4) is 0 Å². The molecule has 17 heavy (non-hydrogen) atoms. The molecule has 1 aliphatic heterocycles. The topological polar surface area (TPSA) is 38.5 Å². The first kappa shape index (κ1) is 12.4. The van der Waals surface area contributed by atoms with E-state index in [-0.39, 0.29) is 6.04 Å². The fourth-order valence-electron chi connectivity index (χ4n) is 2.68. The average Bonchev–Trinajstić information content (AvgIpc) is 2.71. The number of hydrogen-bond acceptors (Lipinski definition) is 3. The van der Waals surface area contributed by atoms with Crippen molar-refractivity contribution in [1.29, 1.82) is 0 Å². The Labute approximate surface area is 104 Å². The predicted molar refractivity (Wildman–Crippen MR) is 70.2 cm³/mol. The highest BCUT2D eigenvalue weighted by molar-refractivity contribution is 5.30. The molecule has 1 saturated heterocycles. The second-order valence-corrected chi connectivity index (χ2v) is 4.71. The number of ether oxygens (including phenoxy) is 1. The van der Waals surface area contributed by atoms with Crippen LogP contribution in [0.5, 0.6) is 5.75 Å². The van der Waals surface area contributed by atoms with E-state index in [9.17, 15) is 0 Å². The first-order valence-electron chi connectivity index (χ1n) is 6.40. The third-order valence-electron chi connectivity index (χ3n) is 3.52. The molecule has 1 aromatic rings. The van der Waals surface area contributed by atoms with Crippen molar-refractivity contribution in [2.24, 2.45) is 5.73 Å². The largest absolute Gasteiger partial charge is 0.497 e. The van der Waals surface area contributed by atoms with Gasteiger partial charge in [-0.2, -0.15) is 0 Å². The number of rotatable bonds is 4. The van der Waals surface area contributed by atoms with Gasteiger partial charge < -0.3 is 10.5 Å². The van der Waals surface area contributed by atoms with E-state index in [0.717, 1.165) is 25.3 Å². The maximum Gasteiger partial charge on any atom is 0.118 e. The number of methoxy groups -OCH3 is 1. The third-order valence-corrected chi connectivity index (χ3v) is 3.52. The second kappa shape index (κ2) is 5.52.